The number of pyridine rings is 1. The molecule has 7 nitrogen and oxygen atoms in total. The molecule has 3 heterocycles. The Bertz CT molecular complexity index is 1540. The van der Waals surface area contributed by atoms with Crippen LogP contribution in [0.4, 0.5) is 0 Å². The maximum atomic E-state index is 12.7. The van der Waals surface area contributed by atoms with Crippen LogP contribution in [0.1, 0.15) is 53.0 Å². The Labute approximate surface area is 249 Å². The molecule has 0 bridgehead atoms. The van der Waals surface area contributed by atoms with E-state index in [9.17, 15) is 4.79 Å². The Balaban J connectivity index is 1.16. The fraction of sp³-hybridized carbons (Fsp3) is 0.312. The summed E-state index contributed by atoms with van der Waals surface area (Å²) in [5, 5.41) is 3.38. The number of benzene rings is 2. The van der Waals surface area contributed by atoms with Crippen molar-refractivity contribution in [2.75, 3.05) is 6.54 Å². The summed E-state index contributed by atoms with van der Waals surface area (Å²) < 4.78 is 0. The molecule has 0 spiro atoms. The Morgan fingerprint density at radius 1 is 1.02 bits per heavy atom. The van der Waals surface area contributed by atoms with Gasteiger partial charge in [-0.25, -0.2) is 4.98 Å². The summed E-state index contributed by atoms with van der Waals surface area (Å²) in [7, 11) is 0. The number of nitrogens with one attached hydrogen (secondary N) is 2. The number of amides is 1. The molecule has 1 saturated carbocycles. The van der Waals surface area contributed by atoms with Crippen LogP contribution in [-0.2, 0) is 19.5 Å². The lowest BCUT2D eigenvalue weighted by Gasteiger charge is -2.39. The molecular formula is C32H32Cl2N6O. The van der Waals surface area contributed by atoms with Gasteiger partial charge in [0, 0.05) is 62.3 Å². The van der Waals surface area contributed by atoms with Crippen molar-refractivity contribution in [1.82, 2.24) is 25.2 Å². The van der Waals surface area contributed by atoms with Crippen molar-refractivity contribution in [1.29, 1.82) is 0 Å². The SMILES string of the molecule is O=C(NCc1ccc(CN(CCc2nc3ccccc3[nH]2)C2CCCC3CC=CN=C32)cc1)c1c(Cl)cncc1Cl. The third-order valence-electron chi connectivity index (χ3n) is 8.00. The van der Waals surface area contributed by atoms with Crippen LogP contribution in [0.15, 0.2) is 78.2 Å². The van der Waals surface area contributed by atoms with E-state index in [0.717, 1.165) is 54.8 Å². The number of H-pyrrole nitrogens is 1. The van der Waals surface area contributed by atoms with Crippen molar-refractivity contribution in [3.8, 4) is 0 Å². The van der Waals surface area contributed by atoms with Gasteiger partial charge >= 0.3 is 0 Å². The first-order chi connectivity index (χ1) is 20.0. The fourth-order valence-corrected chi connectivity index (χ4v) is 6.44. The minimum atomic E-state index is -0.322. The zero-order valence-electron chi connectivity index (χ0n) is 22.7. The molecular weight excluding hydrogens is 555 g/mol. The minimum Gasteiger partial charge on any atom is -0.348 e. The highest BCUT2D eigenvalue weighted by Crippen LogP contribution is 2.31. The van der Waals surface area contributed by atoms with Gasteiger partial charge in [-0.1, -0.05) is 72.1 Å². The highest BCUT2D eigenvalue weighted by Gasteiger charge is 2.33. The van der Waals surface area contributed by atoms with Crippen molar-refractivity contribution >= 4 is 45.9 Å². The Morgan fingerprint density at radius 2 is 1.80 bits per heavy atom. The summed E-state index contributed by atoms with van der Waals surface area (Å²) in [6, 6.07) is 16.9. The number of aliphatic imine (C=N–C) groups is 1. The predicted octanol–water partition coefficient (Wildman–Crippen LogP) is 6.77. The number of hydrogen-bond donors (Lipinski definition) is 2. The maximum Gasteiger partial charge on any atom is 0.254 e. The number of aromatic amines is 1. The van der Waals surface area contributed by atoms with Gasteiger partial charge in [-0.05, 0) is 42.5 Å². The number of halogens is 2. The number of imidazole rings is 1. The Hall–Kier alpha value is -3.52. The van der Waals surface area contributed by atoms with E-state index in [1.54, 1.807) is 0 Å². The summed E-state index contributed by atoms with van der Waals surface area (Å²) in [5.41, 5.74) is 5.87. The van der Waals surface area contributed by atoms with Crippen LogP contribution in [0.3, 0.4) is 0 Å². The van der Waals surface area contributed by atoms with Gasteiger partial charge in [-0.3, -0.25) is 19.7 Å². The molecule has 2 N–H and O–H groups in total. The van der Waals surface area contributed by atoms with Crippen LogP contribution in [0, 0.1) is 5.92 Å². The minimum absolute atomic E-state index is 0.232. The molecule has 1 amide bonds. The monoisotopic (exact) mass is 586 g/mol. The van der Waals surface area contributed by atoms with Gasteiger partial charge < -0.3 is 10.3 Å². The van der Waals surface area contributed by atoms with Gasteiger partial charge in [0.2, 0.25) is 0 Å². The van der Waals surface area contributed by atoms with Gasteiger partial charge in [-0.2, -0.15) is 0 Å². The van der Waals surface area contributed by atoms with Crippen molar-refractivity contribution in [2.45, 2.75) is 51.2 Å². The Morgan fingerprint density at radius 3 is 2.61 bits per heavy atom. The molecule has 2 aromatic heterocycles. The summed E-state index contributed by atoms with van der Waals surface area (Å²) >= 11 is 12.3. The van der Waals surface area contributed by atoms with Crippen LogP contribution >= 0.6 is 23.2 Å². The zero-order valence-corrected chi connectivity index (χ0v) is 24.2. The average molecular weight is 588 g/mol. The van der Waals surface area contributed by atoms with Gasteiger partial charge in [0.05, 0.1) is 26.6 Å². The standard InChI is InChI=1S/C32H32Cl2N6O/c33-24-18-35-19-25(34)30(24)32(41)37-17-21-10-12-22(13-11-21)20-40(28-9-3-5-23-6-4-15-36-31(23)28)16-14-29-38-26-7-1-2-8-27(26)39-29/h1-2,4,7-8,10-13,15,18-19,23,28H,3,5-6,9,14,16-17,20H2,(H,37,41)(H,38,39). The number of aromatic nitrogens is 3. The molecule has 41 heavy (non-hydrogen) atoms. The molecule has 1 aliphatic carbocycles. The lowest BCUT2D eigenvalue weighted by molar-refractivity contribution is 0.0951. The number of hydrogen-bond acceptors (Lipinski definition) is 5. The number of rotatable bonds is 9. The highest BCUT2D eigenvalue weighted by atomic mass is 35.5. The average Bonchev–Trinajstić information content (AvgIpc) is 3.42. The van der Waals surface area contributed by atoms with Crippen LogP contribution in [0.25, 0.3) is 11.0 Å². The maximum absolute atomic E-state index is 12.7. The number of fused-ring (bicyclic) bond motifs is 2. The molecule has 4 aromatic rings. The normalized spacial score (nSPS) is 18.4. The van der Waals surface area contributed by atoms with Gasteiger partial charge in [-0.15, -0.1) is 0 Å². The molecule has 0 saturated heterocycles. The van der Waals surface area contributed by atoms with E-state index in [-0.39, 0.29) is 21.5 Å². The second kappa shape index (κ2) is 12.6. The number of allylic oxidation sites excluding steroid dienone is 1. The first kappa shape index (κ1) is 27.6. The predicted molar refractivity (Wildman–Crippen MR) is 164 cm³/mol. The van der Waals surface area contributed by atoms with E-state index in [1.165, 1.54) is 36.5 Å². The van der Waals surface area contributed by atoms with Gasteiger partial charge in [0.25, 0.3) is 5.91 Å². The number of nitrogens with zero attached hydrogens (tertiary/aromatic N) is 4. The van der Waals surface area contributed by atoms with Crippen LogP contribution in [0.5, 0.6) is 0 Å². The summed E-state index contributed by atoms with van der Waals surface area (Å²) in [6.07, 6.45) is 12.5. The van der Waals surface area contributed by atoms with E-state index in [1.807, 2.05) is 24.4 Å². The van der Waals surface area contributed by atoms with Gasteiger partial charge in [0.1, 0.15) is 5.82 Å². The molecule has 2 atom stereocenters. The molecule has 9 heteroatoms. The second-order valence-corrected chi connectivity index (χ2v) is 11.5. The van der Waals surface area contributed by atoms with Crippen LogP contribution < -0.4 is 5.32 Å². The lowest BCUT2D eigenvalue weighted by Crippen LogP contribution is -2.47. The molecule has 2 aliphatic rings. The van der Waals surface area contributed by atoms with Gasteiger partial charge in [0.15, 0.2) is 0 Å². The van der Waals surface area contributed by atoms with Crippen molar-refractivity contribution < 1.29 is 4.79 Å². The first-order valence-electron chi connectivity index (χ1n) is 14.1. The number of carbonyl (C=O) groups excluding carboxylic acids is 1. The van der Waals surface area contributed by atoms with Crippen LogP contribution in [-0.4, -0.2) is 44.1 Å². The largest absolute Gasteiger partial charge is 0.348 e. The summed E-state index contributed by atoms with van der Waals surface area (Å²) in [4.78, 5) is 32.3. The highest BCUT2D eigenvalue weighted by molar-refractivity contribution is 6.39. The fourth-order valence-electron chi connectivity index (χ4n) is 5.90. The quantitative estimate of drug-likeness (QED) is 0.227. The smallest absolute Gasteiger partial charge is 0.254 e. The van der Waals surface area contributed by atoms with Crippen molar-refractivity contribution in [2.24, 2.45) is 10.9 Å². The third kappa shape index (κ3) is 6.38. The molecule has 1 fully saturated rings. The van der Waals surface area contributed by atoms with E-state index in [4.69, 9.17) is 33.2 Å². The molecule has 6 rings (SSSR count). The number of carbonyl (C=O) groups is 1. The van der Waals surface area contributed by atoms with Crippen LogP contribution in [0.2, 0.25) is 10.0 Å². The van der Waals surface area contributed by atoms with E-state index >= 15 is 0 Å². The van der Waals surface area contributed by atoms with E-state index in [2.05, 4.69) is 56.6 Å². The zero-order chi connectivity index (χ0) is 28.2. The summed E-state index contributed by atoms with van der Waals surface area (Å²) in [5.74, 6) is 1.23. The molecule has 0 radical (unpaired) electrons. The molecule has 1 aliphatic heterocycles. The molecule has 2 aromatic carbocycles. The van der Waals surface area contributed by atoms with E-state index < -0.39 is 0 Å². The topological polar surface area (TPSA) is 86.3 Å². The van der Waals surface area contributed by atoms with Crippen molar-refractivity contribution in [3.05, 3.63) is 106 Å². The third-order valence-corrected chi connectivity index (χ3v) is 8.57. The van der Waals surface area contributed by atoms with E-state index in [0.29, 0.717) is 18.5 Å². The summed E-state index contributed by atoms with van der Waals surface area (Å²) in [6.45, 7) is 2.07. The van der Waals surface area contributed by atoms with Crippen molar-refractivity contribution in [3.63, 3.8) is 0 Å². The molecule has 2 unspecified atom stereocenters. The lowest BCUT2D eigenvalue weighted by atomic mass is 9.80. The first-order valence-corrected chi connectivity index (χ1v) is 14.9. The Kier molecular flexibility index (Phi) is 8.46. The molecule has 210 valence electrons. The second-order valence-electron chi connectivity index (χ2n) is 10.7. The number of para-hydroxylation sites is 2.